The number of ether oxygens (including phenoxy) is 1. The fourth-order valence-electron chi connectivity index (χ4n) is 2.60. The molecule has 2 rings (SSSR count). The van der Waals surface area contributed by atoms with Crippen molar-refractivity contribution >= 4 is 17.6 Å². The van der Waals surface area contributed by atoms with Crippen molar-refractivity contribution in [1.29, 1.82) is 0 Å². The average Bonchev–Trinajstić information content (AvgIpc) is 2.68. The molecular weight excluding hydrogens is 352 g/mol. The topological polar surface area (TPSA) is 74.8 Å². The molecule has 0 atom stereocenters. The molecule has 6 nitrogen and oxygen atoms in total. The number of benzene rings is 2. The first kappa shape index (κ1) is 21.3. The van der Waals surface area contributed by atoms with Gasteiger partial charge in [-0.2, -0.15) is 0 Å². The van der Waals surface area contributed by atoms with Crippen LogP contribution >= 0.6 is 0 Å². The monoisotopic (exact) mass is 382 g/mol. The predicted molar refractivity (Wildman–Crippen MR) is 115 cm³/mol. The fraction of sp³-hybridized carbons (Fsp3) is 0.364. The van der Waals surface area contributed by atoms with E-state index >= 15 is 0 Å². The minimum Gasteiger partial charge on any atom is -0.492 e. The quantitative estimate of drug-likeness (QED) is 0.353. The van der Waals surface area contributed by atoms with Crippen molar-refractivity contribution in [2.45, 2.75) is 26.8 Å². The molecule has 0 fully saturated rings. The van der Waals surface area contributed by atoms with Crippen molar-refractivity contribution in [2.75, 3.05) is 25.5 Å². The van der Waals surface area contributed by atoms with Crippen LogP contribution in [0.2, 0.25) is 0 Å². The molecule has 0 spiro atoms. The molecule has 1 amide bonds. The van der Waals surface area contributed by atoms with Gasteiger partial charge in [-0.25, -0.2) is 0 Å². The lowest BCUT2D eigenvalue weighted by Gasteiger charge is -2.13. The van der Waals surface area contributed by atoms with Crippen LogP contribution in [0.3, 0.4) is 0 Å². The summed E-state index contributed by atoms with van der Waals surface area (Å²) in [7, 11) is 1.73. The molecule has 0 aliphatic carbocycles. The Morgan fingerprint density at radius 3 is 2.57 bits per heavy atom. The van der Waals surface area contributed by atoms with E-state index in [9.17, 15) is 4.79 Å². The van der Waals surface area contributed by atoms with Crippen molar-refractivity contribution in [3.05, 3.63) is 60.2 Å². The predicted octanol–water partition coefficient (Wildman–Crippen LogP) is 3.42. The molecule has 0 aliphatic rings. The number of amides is 1. The Morgan fingerprint density at radius 2 is 1.86 bits per heavy atom. The Bertz CT molecular complexity index is 760. The standard InChI is InChI=1S/C22H30N4O2/c1-17(2)14-21(27)26-19-9-7-8-18(15-19)16-25-22(23-3)24-12-13-28-20-10-5-4-6-11-20/h4-11,15,17H,12-14,16H2,1-3H3,(H,26,27)(H2,23,24,25). The van der Waals surface area contributed by atoms with E-state index in [4.69, 9.17) is 4.74 Å². The molecule has 0 saturated carbocycles. The Hall–Kier alpha value is -3.02. The first-order valence-corrected chi connectivity index (χ1v) is 9.58. The van der Waals surface area contributed by atoms with Gasteiger partial charge < -0.3 is 20.7 Å². The van der Waals surface area contributed by atoms with Crippen LogP contribution in [0.5, 0.6) is 5.75 Å². The lowest BCUT2D eigenvalue weighted by atomic mass is 10.1. The van der Waals surface area contributed by atoms with Gasteiger partial charge in [0.15, 0.2) is 5.96 Å². The van der Waals surface area contributed by atoms with E-state index in [1.807, 2.05) is 68.4 Å². The SMILES string of the molecule is CN=C(NCCOc1ccccc1)NCc1cccc(NC(=O)CC(C)C)c1. The highest BCUT2D eigenvalue weighted by atomic mass is 16.5. The Labute approximate surface area is 167 Å². The van der Waals surface area contributed by atoms with Gasteiger partial charge in [0.1, 0.15) is 12.4 Å². The molecule has 2 aromatic rings. The number of hydrogen-bond donors (Lipinski definition) is 3. The molecule has 0 saturated heterocycles. The molecule has 0 heterocycles. The van der Waals surface area contributed by atoms with Gasteiger partial charge in [-0.15, -0.1) is 0 Å². The third-order valence-corrected chi connectivity index (χ3v) is 3.89. The van der Waals surface area contributed by atoms with Crippen LogP contribution in [0.4, 0.5) is 5.69 Å². The molecule has 0 aromatic heterocycles. The van der Waals surface area contributed by atoms with Gasteiger partial charge in [0.25, 0.3) is 0 Å². The van der Waals surface area contributed by atoms with Gasteiger partial charge >= 0.3 is 0 Å². The van der Waals surface area contributed by atoms with Crippen molar-refractivity contribution in [3.8, 4) is 5.75 Å². The zero-order valence-corrected chi connectivity index (χ0v) is 16.9. The molecule has 0 aliphatic heterocycles. The van der Waals surface area contributed by atoms with Crippen LogP contribution in [0.25, 0.3) is 0 Å². The Kier molecular flexibility index (Phi) is 8.85. The maximum atomic E-state index is 11.9. The molecule has 0 bridgehead atoms. The highest BCUT2D eigenvalue weighted by Crippen LogP contribution is 2.12. The van der Waals surface area contributed by atoms with Gasteiger partial charge in [0.05, 0.1) is 6.54 Å². The van der Waals surface area contributed by atoms with Gasteiger partial charge in [-0.1, -0.05) is 44.2 Å². The highest BCUT2D eigenvalue weighted by Gasteiger charge is 2.06. The van der Waals surface area contributed by atoms with E-state index in [1.165, 1.54) is 0 Å². The second-order valence-corrected chi connectivity index (χ2v) is 6.86. The van der Waals surface area contributed by atoms with Crippen LogP contribution in [0, 0.1) is 5.92 Å². The molecule has 2 aromatic carbocycles. The molecule has 6 heteroatoms. The summed E-state index contributed by atoms with van der Waals surface area (Å²) in [6, 6.07) is 17.5. The number of nitrogens with one attached hydrogen (secondary N) is 3. The summed E-state index contributed by atoms with van der Waals surface area (Å²) in [5.41, 5.74) is 1.87. The molecule has 28 heavy (non-hydrogen) atoms. The van der Waals surface area contributed by atoms with Crippen LogP contribution in [0.15, 0.2) is 59.6 Å². The summed E-state index contributed by atoms with van der Waals surface area (Å²) in [4.78, 5) is 16.1. The van der Waals surface area contributed by atoms with Gasteiger partial charge in [-0.3, -0.25) is 9.79 Å². The number of guanidine groups is 1. The van der Waals surface area contributed by atoms with Gasteiger partial charge in [0.2, 0.25) is 5.91 Å². The molecule has 3 N–H and O–H groups in total. The normalized spacial score (nSPS) is 11.2. The van der Waals surface area contributed by atoms with E-state index in [-0.39, 0.29) is 5.91 Å². The van der Waals surface area contributed by atoms with E-state index in [0.29, 0.717) is 38.0 Å². The number of carbonyl (C=O) groups excluding carboxylic acids is 1. The fourth-order valence-corrected chi connectivity index (χ4v) is 2.60. The minimum atomic E-state index is 0.0380. The number of rotatable bonds is 9. The third kappa shape index (κ3) is 8.12. The summed E-state index contributed by atoms with van der Waals surface area (Å²) in [5, 5.41) is 9.43. The lowest BCUT2D eigenvalue weighted by molar-refractivity contribution is -0.116. The van der Waals surface area contributed by atoms with Crippen molar-refractivity contribution in [2.24, 2.45) is 10.9 Å². The third-order valence-electron chi connectivity index (χ3n) is 3.89. The summed E-state index contributed by atoms with van der Waals surface area (Å²) in [6.07, 6.45) is 0.518. The van der Waals surface area contributed by atoms with Crippen LogP contribution in [-0.4, -0.2) is 32.1 Å². The van der Waals surface area contributed by atoms with Crippen molar-refractivity contribution < 1.29 is 9.53 Å². The number of hydrogen-bond acceptors (Lipinski definition) is 3. The summed E-state index contributed by atoms with van der Waals surface area (Å²) >= 11 is 0. The number of nitrogens with zero attached hydrogens (tertiary/aromatic N) is 1. The van der Waals surface area contributed by atoms with Crippen LogP contribution < -0.4 is 20.7 Å². The second-order valence-electron chi connectivity index (χ2n) is 6.86. The first-order valence-electron chi connectivity index (χ1n) is 9.58. The van der Waals surface area contributed by atoms with Crippen molar-refractivity contribution in [3.63, 3.8) is 0 Å². The zero-order valence-electron chi connectivity index (χ0n) is 16.9. The largest absolute Gasteiger partial charge is 0.492 e. The smallest absolute Gasteiger partial charge is 0.224 e. The first-order chi connectivity index (χ1) is 13.6. The lowest BCUT2D eigenvalue weighted by Crippen LogP contribution is -2.38. The van der Waals surface area contributed by atoms with E-state index < -0.39 is 0 Å². The maximum Gasteiger partial charge on any atom is 0.224 e. The summed E-state index contributed by atoms with van der Waals surface area (Å²) < 4.78 is 5.66. The van der Waals surface area contributed by atoms with Crippen molar-refractivity contribution in [1.82, 2.24) is 10.6 Å². The van der Waals surface area contributed by atoms with Crippen LogP contribution in [-0.2, 0) is 11.3 Å². The minimum absolute atomic E-state index is 0.0380. The number of para-hydroxylation sites is 1. The number of carbonyl (C=O) groups is 1. The van der Waals surface area contributed by atoms with E-state index in [1.54, 1.807) is 7.05 Å². The molecular formula is C22H30N4O2. The Balaban J connectivity index is 1.75. The summed E-state index contributed by atoms with van der Waals surface area (Å²) in [6.45, 7) is 5.85. The molecule has 0 unspecified atom stereocenters. The maximum absolute atomic E-state index is 11.9. The second kappa shape index (κ2) is 11.6. The van der Waals surface area contributed by atoms with Gasteiger partial charge in [-0.05, 0) is 35.7 Å². The van der Waals surface area contributed by atoms with E-state index in [0.717, 1.165) is 17.0 Å². The zero-order chi connectivity index (χ0) is 20.2. The highest BCUT2D eigenvalue weighted by molar-refractivity contribution is 5.90. The summed E-state index contributed by atoms with van der Waals surface area (Å²) in [5.74, 6) is 1.93. The Morgan fingerprint density at radius 1 is 1.07 bits per heavy atom. The van der Waals surface area contributed by atoms with Gasteiger partial charge in [0, 0.05) is 25.7 Å². The van der Waals surface area contributed by atoms with Crippen LogP contribution in [0.1, 0.15) is 25.8 Å². The number of anilines is 1. The number of aliphatic imine (C=N–C) groups is 1. The van der Waals surface area contributed by atoms with E-state index in [2.05, 4.69) is 20.9 Å². The molecule has 150 valence electrons. The molecule has 0 radical (unpaired) electrons. The average molecular weight is 383 g/mol.